The van der Waals surface area contributed by atoms with Crippen LogP contribution in [0.2, 0.25) is 0 Å². The molecule has 3 aromatic rings. The molecular weight excluding hydrogens is 372 g/mol. The summed E-state index contributed by atoms with van der Waals surface area (Å²) in [4.78, 5) is 35.1. The topological polar surface area (TPSA) is 94.2 Å². The van der Waals surface area contributed by atoms with E-state index in [-0.39, 0.29) is 23.5 Å². The molecule has 0 unspecified atom stereocenters. The Balaban J connectivity index is 1.81. The molecular formula is C19H13F2N3O4. The van der Waals surface area contributed by atoms with Gasteiger partial charge in [0.2, 0.25) is 0 Å². The number of nitro benzene ring substituents is 1. The number of nitro groups is 1. The molecule has 7 nitrogen and oxygen atoms in total. The molecule has 3 rings (SSSR count). The van der Waals surface area contributed by atoms with Gasteiger partial charge < -0.3 is 9.88 Å². The van der Waals surface area contributed by atoms with Crippen LogP contribution in [0.25, 0.3) is 0 Å². The highest BCUT2D eigenvalue weighted by molar-refractivity contribution is 6.03. The number of carbonyl (C=O) groups excluding carboxylic acids is 1. The molecule has 28 heavy (non-hydrogen) atoms. The fourth-order valence-corrected chi connectivity index (χ4v) is 2.53. The second-order valence-corrected chi connectivity index (χ2v) is 5.86. The summed E-state index contributed by atoms with van der Waals surface area (Å²) in [6.45, 7) is 0.100. The average molecular weight is 385 g/mol. The molecule has 0 bridgehead atoms. The number of rotatable bonds is 5. The Kier molecular flexibility index (Phi) is 5.25. The third-order valence-corrected chi connectivity index (χ3v) is 3.94. The highest BCUT2D eigenvalue weighted by Gasteiger charge is 2.14. The minimum atomic E-state index is -1.12. The lowest BCUT2D eigenvalue weighted by molar-refractivity contribution is -0.384. The van der Waals surface area contributed by atoms with Crippen molar-refractivity contribution >= 4 is 17.3 Å². The van der Waals surface area contributed by atoms with Gasteiger partial charge in [-0.25, -0.2) is 8.78 Å². The number of halogens is 2. The first-order valence-corrected chi connectivity index (χ1v) is 8.04. The maximum Gasteiger partial charge on any atom is 0.269 e. The van der Waals surface area contributed by atoms with Crippen molar-refractivity contribution in [3.63, 3.8) is 0 Å². The largest absolute Gasteiger partial charge is 0.322 e. The number of carbonyl (C=O) groups is 1. The van der Waals surface area contributed by atoms with Crippen LogP contribution in [0.5, 0.6) is 0 Å². The number of pyridine rings is 1. The summed E-state index contributed by atoms with van der Waals surface area (Å²) < 4.78 is 27.5. The Morgan fingerprint density at radius 3 is 2.43 bits per heavy atom. The normalized spacial score (nSPS) is 10.5. The van der Waals surface area contributed by atoms with Gasteiger partial charge in [0.1, 0.15) is 5.56 Å². The van der Waals surface area contributed by atoms with Crippen LogP contribution in [0.15, 0.2) is 65.6 Å². The summed E-state index contributed by atoms with van der Waals surface area (Å²) in [5.41, 5.74) is -0.217. The van der Waals surface area contributed by atoms with E-state index < -0.39 is 28.0 Å². The van der Waals surface area contributed by atoms with Crippen molar-refractivity contribution in [2.75, 3.05) is 5.32 Å². The third-order valence-electron chi connectivity index (χ3n) is 3.94. The molecule has 0 aliphatic carbocycles. The summed E-state index contributed by atoms with van der Waals surface area (Å²) in [5, 5.41) is 13.0. The molecule has 0 saturated carbocycles. The zero-order chi connectivity index (χ0) is 20.3. The van der Waals surface area contributed by atoms with Gasteiger partial charge in [0, 0.05) is 30.1 Å². The van der Waals surface area contributed by atoms with Crippen LogP contribution in [0, 0.1) is 21.7 Å². The number of nitrogens with one attached hydrogen (secondary N) is 1. The van der Waals surface area contributed by atoms with Crippen molar-refractivity contribution in [3.05, 3.63) is 104 Å². The monoisotopic (exact) mass is 385 g/mol. The Morgan fingerprint density at radius 2 is 1.79 bits per heavy atom. The van der Waals surface area contributed by atoms with Crippen LogP contribution in [-0.2, 0) is 6.54 Å². The van der Waals surface area contributed by atoms with E-state index in [4.69, 9.17) is 0 Å². The fraction of sp³-hybridized carbons (Fsp3) is 0.0526. The highest BCUT2D eigenvalue weighted by atomic mass is 19.2. The maximum absolute atomic E-state index is 13.3. The van der Waals surface area contributed by atoms with E-state index in [0.29, 0.717) is 5.56 Å². The number of aromatic nitrogens is 1. The highest BCUT2D eigenvalue weighted by Crippen LogP contribution is 2.14. The summed E-state index contributed by atoms with van der Waals surface area (Å²) in [7, 11) is 0. The molecule has 0 saturated heterocycles. The number of benzene rings is 2. The maximum atomic E-state index is 13.3. The second kappa shape index (κ2) is 7.78. The number of hydrogen-bond donors (Lipinski definition) is 1. The molecule has 1 aromatic heterocycles. The Hall–Kier alpha value is -3.88. The van der Waals surface area contributed by atoms with Gasteiger partial charge in [-0.3, -0.25) is 19.7 Å². The van der Waals surface area contributed by atoms with E-state index in [2.05, 4.69) is 5.32 Å². The van der Waals surface area contributed by atoms with Crippen LogP contribution in [-0.4, -0.2) is 15.4 Å². The van der Waals surface area contributed by atoms with E-state index in [1.807, 2.05) is 0 Å². The molecule has 0 spiro atoms. The van der Waals surface area contributed by atoms with Gasteiger partial charge in [0.25, 0.3) is 17.2 Å². The van der Waals surface area contributed by atoms with Gasteiger partial charge in [-0.15, -0.1) is 0 Å². The van der Waals surface area contributed by atoms with Crippen molar-refractivity contribution < 1.29 is 18.5 Å². The minimum Gasteiger partial charge on any atom is -0.322 e. The molecule has 0 atom stereocenters. The van der Waals surface area contributed by atoms with Crippen molar-refractivity contribution in [2.24, 2.45) is 0 Å². The van der Waals surface area contributed by atoms with Gasteiger partial charge in [-0.2, -0.15) is 0 Å². The van der Waals surface area contributed by atoms with Gasteiger partial charge in [0.05, 0.1) is 11.5 Å². The van der Waals surface area contributed by atoms with Gasteiger partial charge in [-0.05, 0) is 29.8 Å². The van der Waals surface area contributed by atoms with Gasteiger partial charge in [-0.1, -0.05) is 12.1 Å². The molecule has 9 heteroatoms. The van der Waals surface area contributed by atoms with Crippen LogP contribution in [0.1, 0.15) is 15.9 Å². The van der Waals surface area contributed by atoms with Crippen molar-refractivity contribution in [3.8, 4) is 0 Å². The average Bonchev–Trinajstić information content (AvgIpc) is 2.67. The van der Waals surface area contributed by atoms with E-state index >= 15 is 0 Å². The molecule has 1 heterocycles. The van der Waals surface area contributed by atoms with Gasteiger partial charge >= 0.3 is 0 Å². The fourth-order valence-electron chi connectivity index (χ4n) is 2.53. The quantitative estimate of drug-likeness (QED) is 0.538. The molecule has 0 radical (unpaired) electrons. The number of hydrogen-bond acceptors (Lipinski definition) is 4. The van der Waals surface area contributed by atoms with Crippen molar-refractivity contribution in [2.45, 2.75) is 6.54 Å². The van der Waals surface area contributed by atoms with E-state index in [0.717, 1.165) is 12.1 Å². The van der Waals surface area contributed by atoms with Crippen molar-refractivity contribution in [1.29, 1.82) is 0 Å². The summed E-state index contributed by atoms with van der Waals surface area (Å²) in [6, 6.07) is 11.3. The SMILES string of the molecule is O=C(Nc1ccc(F)c(F)c1)c1cccn(Cc2ccc([N+](=O)[O-])cc2)c1=O. The molecule has 0 aliphatic rings. The predicted octanol–water partition coefficient (Wildman–Crippen LogP) is 3.34. The first kappa shape index (κ1) is 18.9. The lowest BCUT2D eigenvalue weighted by atomic mass is 10.2. The summed E-state index contributed by atoms with van der Waals surface area (Å²) in [5.74, 6) is -2.95. The van der Waals surface area contributed by atoms with E-state index in [1.54, 1.807) is 0 Å². The second-order valence-electron chi connectivity index (χ2n) is 5.86. The minimum absolute atomic E-state index is 0.00840. The summed E-state index contributed by atoms with van der Waals surface area (Å²) >= 11 is 0. The molecule has 1 N–H and O–H groups in total. The van der Waals surface area contributed by atoms with Gasteiger partial charge in [0.15, 0.2) is 11.6 Å². The number of nitrogens with zero attached hydrogens (tertiary/aromatic N) is 2. The first-order valence-electron chi connectivity index (χ1n) is 8.04. The molecule has 142 valence electrons. The standard InChI is InChI=1S/C19H13F2N3O4/c20-16-8-5-13(10-17(16)21)22-18(25)15-2-1-9-23(19(15)26)11-12-3-6-14(7-4-12)24(27)28/h1-10H,11H2,(H,22,25). The molecule has 2 aromatic carbocycles. The van der Waals surface area contributed by atoms with Crippen LogP contribution < -0.4 is 10.9 Å². The van der Waals surface area contributed by atoms with Crippen LogP contribution in [0.3, 0.4) is 0 Å². The Labute approximate surface area is 157 Å². The third kappa shape index (κ3) is 4.09. The number of amides is 1. The molecule has 1 amide bonds. The van der Waals surface area contributed by atoms with Crippen molar-refractivity contribution in [1.82, 2.24) is 4.57 Å². The lowest BCUT2D eigenvalue weighted by Crippen LogP contribution is -2.29. The molecule has 0 aliphatic heterocycles. The van der Waals surface area contributed by atoms with E-state index in [9.17, 15) is 28.5 Å². The lowest BCUT2D eigenvalue weighted by Gasteiger charge is -2.09. The Morgan fingerprint density at radius 1 is 1.07 bits per heavy atom. The first-order chi connectivity index (χ1) is 13.3. The molecule has 0 fully saturated rings. The predicted molar refractivity (Wildman–Crippen MR) is 97.2 cm³/mol. The zero-order valence-electron chi connectivity index (χ0n) is 14.3. The van der Waals surface area contributed by atoms with Crippen LogP contribution >= 0.6 is 0 Å². The Bertz CT molecular complexity index is 1110. The number of anilines is 1. The number of non-ortho nitro benzene ring substituents is 1. The van der Waals surface area contributed by atoms with Crippen LogP contribution in [0.4, 0.5) is 20.2 Å². The smallest absolute Gasteiger partial charge is 0.269 e. The summed E-state index contributed by atoms with van der Waals surface area (Å²) in [6.07, 6.45) is 1.47. The van der Waals surface area contributed by atoms with E-state index in [1.165, 1.54) is 53.2 Å². The zero-order valence-corrected chi connectivity index (χ0v) is 14.3.